The average Bonchev–Trinajstić information content (AvgIpc) is 3.15. The molecule has 4 rings (SSSR count). The summed E-state index contributed by atoms with van der Waals surface area (Å²) in [5, 5.41) is 0.684. The van der Waals surface area contributed by atoms with Crippen LogP contribution in [0.3, 0.4) is 0 Å². The van der Waals surface area contributed by atoms with Crippen molar-refractivity contribution in [2.24, 2.45) is 5.92 Å². The third kappa shape index (κ3) is 3.00. The lowest BCUT2D eigenvalue weighted by atomic mass is 9.94. The fourth-order valence-corrected chi connectivity index (χ4v) is 3.86. The van der Waals surface area contributed by atoms with Crippen LogP contribution >= 0.6 is 11.6 Å². The molecule has 0 spiro atoms. The van der Waals surface area contributed by atoms with Gasteiger partial charge in [0.2, 0.25) is 5.91 Å². The third-order valence-electron chi connectivity index (χ3n) is 4.93. The Morgan fingerprint density at radius 3 is 3.12 bits per heavy atom. The van der Waals surface area contributed by atoms with E-state index in [4.69, 9.17) is 16.3 Å². The monoisotopic (exact) mass is 345 g/mol. The number of halogens is 1. The third-order valence-corrected chi connectivity index (χ3v) is 5.17. The van der Waals surface area contributed by atoms with Crippen LogP contribution in [0.5, 0.6) is 5.75 Å². The van der Waals surface area contributed by atoms with Crippen molar-refractivity contribution in [3.05, 3.63) is 47.5 Å². The number of ether oxygens (including phenoxy) is 1. The van der Waals surface area contributed by atoms with Gasteiger partial charge in [-0.25, -0.2) is 4.98 Å². The topological polar surface area (TPSA) is 47.4 Å². The normalized spacial score (nSPS) is 23.5. The van der Waals surface area contributed by atoms with E-state index < -0.39 is 0 Å². The lowest BCUT2D eigenvalue weighted by Gasteiger charge is -2.36. The van der Waals surface area contributed by atoms with Gasteiger partial charge in [-0.05, 0) is 43.0 Å². The molecule has 0 unspecified atom stereocenters. The summed E-state index contributed by atoms with van der Waals surface area (Å²) in [6.45, 7) is 2.01. The first-order valence-electron chi connectivity index (χ1n) is 8.38. The first kappa shape index (κ1) is 15.5. The molecule has 2 aliphatic heterocycles. The molecule has 1 fully saturated rings. The molecule has 2 atom stereocenters. The zero-order valence-corrected chi connectivity index (χ0v) is 14.2. The molecular weight excluding hydrogens is 326 g/mol. The van der Waals surface area contributed by atoms with E-state index in [2.05, 4.69) is 9.55 Å². The van der Waals surface area contributed by atoms with Gasteiger partial charge in [0.25, 0.3) is 0 Å². The zero-order valence-electron chi connectivity index (χ0n) is 13.4. The smallest absolute Gasteiger partial charge is 0.229 e. The van der Waals surface area contributed by atoms with Crippen molar-refractivity contribution in [1.29, 1.82) is 0 Å². The number of hydrogen-bond acceptors (Lipinski definition) is 3. The number of carbonyl (C=O) groups excluding carboxylic acids is 1. The Hall–Kier alpha value is -2.01. The molecule has 5 nitrogen and oxygen atoms in total. The van der Waals surface area contributed by atoms with Gasteiger partial charge in [0.05, 0.1) is 18.3 Å². The van der Waals surface area contributed by atoms with Crippen LogP contribution in [0.1, 0.15) is 24.4 Å². The summed E-state index contributed by atoms with van der Waals surface area (Å²) in [6, 6.07) is 5.93. The molecule has 0 N–H and O–H groups in total. The van der Waals surface area contributed by atoms with Gasteiger partial charge in [-0.2, -0.15) is 0 Å². The number of hydrogen-bond donors (Lipinski definition) is 0. The predicted octanol–water partition coefficient (Wildman–Crippen LogP) is 2.95. The minimum atomic E-state index is -0.127. The van der Waals surface area contributed by atoms with Gasteiger partial charge in [-0.1, -0.05) is 11.6 Å². The molecule has 1 amide bonds. The molecule has 2 aliphatic rings. The second kappa shape index (κ2) is 6.48. The Kier molecular flexibility index (Phi) is 4.19. The van der Waals surface area contributed by atoms with Crippen LogP contribution in [0.4, 0.5) is 0 Å². The highest BCUT2D eigenvalue weighted by molar-refractivity contribution is 6.30. The number of amides is 1. The number of fused-ring (bicyclic) bond motifs is 1. The standard InChI is InChI=1S/C18H20ClN3O2/c19-15-3-4-17-13(9-15)8-14(11-24-17)18(23)21-6-1-2-16(10-21)22-7-5-20-12-22/h3-5,7,9,12,14,16H,1-2,6,8,10-11H2/t14-,16+/m1/s1. The minimum absolute atomic E-state index is 0.127. The second-order valence-electron chi connectivity index (χ2n) is 6.55. The van der Waals surface area contributed by atoms with Crippen LogP contribution in [0, 0.1) is 5.92 Å². The Balaban J connectivity index is 1.46. The van der Waals surface area contributed by atoms with Gasteiger partial charge < -0.3 is 14.2 Å². The predicted molar refractivity (Wildman–Crippen MR) is 91.2 cm³/mol. The van der Waals surface area contributed by atoms with E-state index in [0.717, 1.165) is 37.2 Å². The first-order chi connectivity index (χ1) is 11.7. The van der Waals surface area contributed by atoms with Crippen LogP contribution < -0.4 is 4.74 Å². The van der Waals surface area contributed by atoms with Crippen molar-refractivity contribution < 1.29 is 9.53 Å². The molecular formula is C18H20ClN3O2. The highest BCUT2D eigenvalue weighted by Gasteiger charge is 2.32. The van der Waals surface area contributed by atoms with Crippen LogP contribution in [-0.4, -0.2) is 40.1 Å². The van der Waals surface area contributed by atoms with E-state index >= 15 is 0 Å². The summed E-state index contributed by atoms with van der Waals surface area (Å²) in [5.41, 5.74) is 1.02. The Morgan fingerprint density at radius 1 is 1.38 bits per heavy atom. The summed E-state index contributed by atoms with van der Waals surface area (Å²) in [6.07, 6.45) is 8.39. The van der Waals surface area contributed by atoms with Gasteiger partial charge in [0.1, 0.15) is 12.4 Å². The quantitative estimate of drug-likeness (QED) is 0.840. The van der Waals surface area contributed by atoms with E-state index in [1.165, 1.54) is 0 Å². The van der Waals surface area contributed by atoms with Gasteiger partial charge in [0.15, 0.2) is 0 Å². The van der Waals surface area contributed by atoms with Crippen LogP contribution in [0.15, 0.2) is 36.9 Å². The summed E-state index contributed by atoms with van der Waals surface area (Å²) in [7, 11) is 0. The Labute approximate surface area is 146 Å². The number of likely N-dealkylation sites (tertiary alicyclic amines) is 1. The number of benzene rings is 1. The van der Waals surface area contributed by atoms with Crippen molar-refractivity contribution in [3.8, 4) is 5.75 Å². The fraction of sp³-hybridized carbons (Fsp3) is 0.444. The van der Waals surface area contributed by atoms with Gasteiger partial charge in [-0.15, -0.1) is 0 Å². The maximum Gasteiger partial charge on any atom is 0.229 e. The van der Waals surface area contributed by atoms with E-state index in [1.54, 1.807) is 6.20 Å². The molecule has 1 aromatic carbocycles. The Morgan fingerprint density at radius 2 is 2.29 bits per heavy atom. The van der Waals surface area contributed by atoms with Crippen molar-refractivity contribution in [2.75, 3.05) is 19.7 Å². The summed E-state index contributed by atoms with van der Waals surface area (Å²) in [5.74, 6) is 0.904. The zero-order chi connectivity index (χ0) is 16.5. The van der Waals surface area contributed by atoms with Crippen LogP contribution in [0.25, 0.3) is 0 Å². The van der Waals surface area contributed by atoms with Crippen molar-refractivity contribution >= 4 is 17.5 Å². The number of nitrogens with zero attached hydrogens (tertiary/aromatic N) is 3. The second-order valence-corrected chi connectivity index (χ2v) is 6.99. The molecule has 6 heteroatoms. The number of aromatic nitrogens is 2. The van der Waals surface area contributed by atoms with Crippen molar-refractivity contribution in [2.45, 2.75) is 25.3 Å². The average molecular weight is 346 g/mol. The number of carbonyl (C=O) groups is 1. The van der Waals surface area contributed by atoms with E-state index in [9.17, 15) is 4.79 Å². The minimum Gasteiger partial charge on any atom is -0.492 e. The van der Waals surface area contributed by atoms with Gasteiger partial charge in [0, 0.05) is 30.5 Å². The fourth-order valence-electron chi connectivity index (χ4n) is 3.66. The van der Waals surface area contributed by atoms with Crippen molar-refractivity contribution in [3.63, 3.8) is 0 Å². The maximum atomic E-state index is 13.0. The summed E-state index contributed by atoms with van der Waals surface area (Å²) in [4.78, 5) is 19.1. The molecule has 24 heavy (non-hydrogen) atoms. The molecule has 1 aromatic heterocycles. The number of rotatable bonds is 2. The largest absolute Gasteiger partial charge is 0.492 e. The molecule has 0 radical (unpaired) electrons. The van der Waals surface area contributed by atoms with Crippen LogP contribution in [0.2, 0.25) is 5.02 Å². The van der Waals surface area contributed by atoms with Gasteiger partial charge in [-0.3, -0.25) is 4.79 Å². The molecule has 0 aliphatic carbocycles. The van der Waals surface area contributed by atoms with E-state index in [0.29, 0.717) is 24.1 Å². The van der Waals surface area contributed by atoms with E-state index in [1.807, 2.05) is 35.6 Å². The Bertz CT molecular complexity index is 732. The molecule has 3 heterocycles. The first-order valence-corrected chi connectivity index (χ1v) is 8.76. The SMILES string of the molecule is O=C([C@H]1COc2ccc(Cl)cc2C1)N1CCC[C@H](n2ccnc2)C1. The molecule has 0 bridgehead atoms. The molecule has 2 aromatic rings. The molecule has 0 saturated carbocycles. The van der Waals surface area contributed by atoms with E-state index in [-0.39, 0.29) is 11.8 Å². The summed E-state index contributed by atoms with van der Waals surface area (Å²) < 4.78 is 7.88. The molecule has 1 saturated heterocycles. The lowest BCUT2D eigenvalue weighted by Crippen LogP contribution is -2.46. The number of imidazole rings is 1. The van der Waals surface area contributed by atoms with Crippen LogP contribution in [-0.2, 0) is 11.2 Å². The lowest BCUT2D eigenvalue weighted by molar-refractivity contribution is -0.138. The summed E-state index contributed by atoms with van der Waals surface area (Å²) >= 11 is 6.07. The van der Waals surface area contributed by atoms with Crippen molar-refractivity contribution in [1.82, 2.24) is 14.5 Å². The molecule has 126 valence electrons. The number of piperidine rings is 1. The highest BCUT2D eigenvalue weighted by atomic mass is 35.5. The highest BCUT2D eigenvalue weighted by Crippen LogP contribution is 2.31. The maximum absolute atomic E-state index is 13.0. The van der Waals surface area contributed by atoms with Gasteiger partial charge >= 0.3 is 0 Å².